The smallest absolute Gasteiger partial charge is 0.332 e. The molecule has 2 rings (SSSR count). The predicted molar refractivity (Wildman–Crippen MR) is 76.8 cm³/mol. The maximum Gasteiger partial charge on any atom is 0.332 e. The number of hydrogen-bond acceptors (Lipinski definition) is 5. The summed E-state index contributed by atoms with van der Waals surface area (Å²) >= 11 is 0. The van der Waals surface area contributed by atoms with Crippen molar-refractivity contribution in [1.82, 2.24) is 5.32 Å². The molecule has 1 saturated heterocycles. The average molecular weight is 313 g/mol. The quantitative estimate of drug-likeness (QED) is 0.807. The van der Waals surface area contributed by atoms with Crippen molar-refractivity contribution in [2.75, 3.05) is 12.8 Å². The molecule has 116 valence electrons. The molecule has 1 heterocycles. The normalized spacial score (nSPS) is 22.3. The van der Waals surface area contributed by atoms with E-state index in [0.717, 1.165) is 12.0 Å². The maximum atomic E-state index is 11.3. The summed E-state index contributed by atoms with van der Waals surface area (Å²) in [5.41, 5.74) is 0.968. The lowest BCUT2D eigenvalue weighted by Crippen LogP contribution is -2.28. The van der Waals surface area contributed by atoms with Gasteiger partial charge in [-0.3, -0.25) is 0 Å². The van der Waals surface area contributed by atoms with Crippen molar-refractivity contribution in [2.45, 2.75) is 36.5 Å². The van der Waals surface area contributed by atoms with Gasteiger partial charge in [0.05, 0.1) is 11.0 Å². The summed E-state index contributed by atoms with van der Waals surface area (Å²) in [6, 6.07) is 6.69. The maximum absolute atomic E-state index is 11.3. The first-order valence-corrected chi connectivity index (χ1v) is 8.63. The van der Waals surface area contributed by atoms with Crippen LogP contribution in [-0.2, 0) is 25.9 Å². The van der Waals surface area contributed by atoms with Gasteiger partial charge in [-0.2, -0.15) is 0 Å². The van der Waals surface area contributed by atoms with Crippen LogP contribution in [-0.4, -0.2) is 44.5 Å². The van der Waals surface area contributed by atoms with Gasteiger partial charge in [-0.25, -0.2) is 13.2 Å². The van der Waals surface area contributed by atoms with Gasteiger partial charge >= 0.3 is 5.97 Å². The molecule has 7 heteroatoms. The highest BCUT2D eigenvalue weighted by molar-refractivity contribution is 7.90. The standard InChI is InChI=1S/C14H19NO5S/c1-21(18,19)12-5-2-10(3-6-12)8-15-9-11-4-7-13(20-11)14(16)17/h2-3,5-6,11,13,15H,4,7-9H2,1H3,(H,16,17). The number of sulfone groups is 1. The van der Waals surface area contributed by atoms with E-state index in [1.54, 1.807) is 24.3 Å². The summed E-state index contributed by atoms with van der Waals surface area (Å²) in [5.74, 6) is -0.908. The molecule has 2 atom stereocenters. The lowest BCUT2D eigenvalue weighted by molar-refractivity contribution is -0.149. The molecule has 21 heavy (non-hydrogen) atoms. The van der Waals surface area contributed by atoms with E-state index in [0.29, 0.717) is 24.4 Å². The lowest BCUT2D eigenvalue weighted by Gasteiger charge is -2.12. The molecule has 1 aliphatic heterocycles. The molecule has 2 N–H and O–H groups in total. The SMILES string of the molecule is CS(=O)(=O)c1ccc(CNCC2CCC(C(=O)O)O2)cc1. The van der Waals surface area contributed by atoms with Crippen LogP contribution < -0.4 is 5.32 Å². The first kappa shape index (κ1) is 15.9. The summed E-state index contributed by atoms with van der Waals surface area (Å²) in [6.07, 6.45) is 1.69. The molecule has 6 nitrogen and oxygen atoms in total. The molecule has 1 fully saturated rings. The second-order valence-electron chi connectivity index (χ2n) is 5.21. The number of carboxylic acid groups (broad SMARTS) is 1. The Hall–Kier alpha value is -1.44. The van der Waals surface area contributed by atoms with Gasteiger partial charge in [-0.1, -0.05) is 12.1 Å². The lowest BCUT2D eigenvalue weighted by atomic mass is 10.2. The van der Waals surface area contributed by atoms with E-state index in [-0.39, 0.29) is 6.10 Å². The van der Waals surface area contributed by atoms with E-state index in [9.17, 15) is 13.2 Å². The summed E-state index contributed by atoms with van der Waals surface area (Å²) < 4.78 is 28.1. The second-order valence-corrected chi connectivity index (χ2v) is 7.23. The van der Waals surface area contributed by atoms with Crippen LogP contribution >= 0.6 is 0 Å². The number of ether oxygens (including phenoxy) is 1. The van der Waals surface area contributed by atoms with Crippen LogP contribution in [0.1, 0.15) is 18.4 Å². The molecule has 0 amide bonds. The van der Waals surface area contributed by atoms with Gasteiger partial charge < -0.3 is 15.2 Å². The molecular formula is C14H19NO5S. The van der Waals surface area contributed by atoms with E-state index in [4.69, 9.17) is 9.84 Å². The van der Waals surface area contributed by atoms with Crippen molar-refractivity contribution in [1.29, 1.82) is 0 Å². The van der Waals surface area contributed by atoms with Crippen molar-refractivity contribution in [3.63, 3.8) is 0 Å². The Morgan fingerprint density at radius 3 is 2.52 bits per heavy atom. The minimum Gasteiger partial charge on any atom is -0.479 e. The molecule has 1 aromatic rings. The number of aliphatic carboxylic acids is 1. The van der Waals surface area contributed by atoms with Crippen molar-refractivity contribution in [3.05, 3.63) is 29.8 Å². The highest BCUT2D eigenvalue weighted by Gasteiger charge is 2.29. The molecule has 0 saturated carbocycles. The second kappa shape index (κ2) is 6.55. The van der Waals surface area contributed by atoms with Crippen molar-refractivity contribution < 1.29 is 23.1 Å². The number of rotatable bonds is 6. The van der Waals surface area contributed by atoms with E-state index < -0.39 is 21.9 Å². The predicted octanol–water partition coefficient (Wildman–Crippen LogP) is 0.812. The van der Waals surface area contributed by atoms with Gasteiger partial charge in [0.1, 0.15) is 0 Å². The van der Waals surface area contributed by atoms with Crippen LogP contribution in [0.15, 0.2) is 29.2 Å². The van der Waals surface area contributed by atoms with Gasteiger partial charge in [-0.05, 0) is 30.5 Å². The van der Waals surface area contributed by atoms with E-state index in [1.165, 1.54) is 6.26 Å². The summed E-state index contributed by atoms with van der Waals surface area (Å²) in [5, 5.41) is 12.0. The first-order chi connectivity index (χ1) is 9.86. The Morgan fingerprint density at radius 2 is 2.00 bits per heavy atom. The van der Waals surface area contributed by atoms with Gasteiger partial charge in [0.2, 0.25) is 0 Å². The molecule has 0 aromatic heterocycles. The van der Waals surface area contributed by atoms with Crippen LogP contribution in [0.3, 0.4) is 0 Å². The third-order valence-corrected chi connectivity index (χ3v) is 4.56. The Balaban J connectivity index is 1.78. The monoisotopic (exact) mass is 313 g/mol. The molecule has 1 aromatic carbocycles. The van der Waals surface area contributed by atoms with Gasteiger partial charge in [0, 0.05) is 19.3 Å². The Kier molecular flexibility index (Phi) is 4.97. The van der Waals surface area contributed by atoms with Gasteiger partial charge in [-0.15, -0.1) is 0 Å². The highest BCUT2D eigenvalue weighted by Crippen LogP contribution is 2.19. The zero-order valence-electron chi connectivity index (χ0n) is 11.8. The topological polar surface area (TPSA) is 92.7 Å². The van der Waals surface area contributed by atoms with Gasteiger partial charge in [0.15, 0.2) is 15.9 Å². The molecule has 0 aliphatic carbocycles. The average Bonchev–Trinajstić information content (AvgIpc) is 2.87. The number of hydrogen-bond donors (Lipinski definition) is 2. The molecule has 0 radical (unpaired) electrons. The summed E-state index contributed by atoms with van der Waals surface area (Å²) in [6.45, 7) is 1.17. The first-order valence-electron chi connectivity index (χ1n) is 6.74. The fourth-order valence-electron chi connectivity index (χ4n) is 2.27. The van der Waals surface area contributed by atoms with E-state index >= 15 is 0 Å². The minimum absolute atomic E-state index is 0.0820. The molecular weight excluding hydrogens is 294 g/mol. The summed E-state index contributed by atoms with van der Waals surface area (Å²) in [4.78, 5) is 11.1. The van der Waals surface area contributed by atoms with E-state index in [2.05, 4.69) is 5.32 Å². The number of benzene rings is 1. The molecule has 0 bridgehead atoms. The van der Waals surface area contributed by atoms with Crippen LogP contribution in [0.4, 0.5) is 0 Å². The van der Waals surface area contributed by atoms with Crippen LogP contribution in [0, 0.1) is 0 Å². The third kappa shape index (κ3) is 4.52. The largest absolute Gasteiger partial charge is 0.479 e. The summed E-state index contributed by atoms with van der Waals surface area (Å²) in [7, 11) is -3.16. The fourth-order valence-corrected chi connectivity index (χ4v) is 2.90. The Morgan fingerprint density at radius 1 is 1.33 bits per heavy atom. The number of carboxylic acids is 1. The van der Waals surface area contributed by atoms with Crippen LogP contribution in [0.2, 0.25) is 0 Å². The van der Waals surface area contributed by atoms with Crippen LogP contribution in [0.25, 0.3) is 0 Å². The molecule has 2 unspecified atom stereocenters. The number of carbonyl (C=O) groups is 1. The number of nitrogens with one attached hydrogen (secondary N) is 1. The third-order valence-electron chi connectivity index (χ3n) is 3.44. The molecule has 0 spiro atoms. The minimum atomic E-state index is -3.16. The van der Waals surface area contributed by atoms with Crippen molar-refractivity contribution in [2.24, 2.45) is 0 Å². The zero-order chi connectivity index (χ0) is 15.5. The Bertz CT molecular complexity index is 596. The van der Waals surface area contributed by atoms with Crippen LogP contribution in [0.5, 0.6) is 0 Å². The van der Waals surface area contributed by atoms with Crippen molar-refractivity contribution >= 4 is 15.8 Å². The highest BCUT2D eigenvalue weighted by atomic mass is 32.2. The zero-order valence-corrected chi connectivity index (χ0v) is 12.6. The Labute approximate surface area is 124 Å². The fraction of sp³-hybridized carbons (Fsp3) is 0.500. The van der Waals surface area contributed by atoms with Crippen molar-refractivity contribution in [3.8, 4) is 0 Å². The van der Waals surface area contributed by atoms with E-state index in [1.807, 2.05) is 0 Å². The molecule has 1 aliphatic rings. The van der Waals surface area contributed by atoms with Gasteiger partial charge in [0.25, 0.3) is 0 Å².